The highest BCUT2D eigenvalue weighted by Crippen LogP contribution is 2.44. The summed E-state index contributed by atoms with van der Waals surface area (Å²) in [6.45, 7) is 4.25. The third-order valence-electron chi connectivity index (χ3n) is 6.32. The number of furan rings is 1. The Morgan fingerprint density at radius 3 is 2.61 bits per heavy atom. The number of carbonyl (C=O) groups excluding carboxylic acids is 2. The van der Waals surface area contributed by atoms with Crippen molar-refractivity contribution in [3.8, 4) is 11.3 Å². The average Bonchev–Trinajstić information content (AvgIpc) is 3.66. The molecule has 0 aliphatic heterocycles. The number of nitrogens with one attached hydrogen (secondary N) is 2. The zero-order valence-corrected chi connectivity index (χ0v) is 22.7. The van der Waals surface area contributed by atoms with Gasteiger partial charge in [0.05, 0.1) is 23.3 Å². The highest BCUT2D eigenvalue weighted by atomic mass is 32.2. The van der Waals surface area contributed by atoms with Crippen molar-refractivity contribution in [1.82, 2.24) is 15.0 Å². The second-order valence-electron chi connectivity index (χ2n) is 9.35. The molecule has 3 aromatic rings. The van der Waals surface area contributed by atoms with E-state index in [1.54, 1.807) is 20.0 Å². The van der Waals surface area contributed by atoms with Crippen molar-refractivity contribution in [2.75, 3.05) is 20.2 Å². The fourth-order valence-electron chi connectivity index (χ4n) is 4.25. The number of nitrogens with zero attached hydrogens (tertiary/aromatic N) is 1. The molecule has 0 bridgehead atoms. The van der Waals surface area contributed by atoms with E-state index in [4.69, 9.17) is 9.15 Å². The second-order valence-corrected chi connectivity index (χ2v) is 11.2. The number of carbonyl (C=O) groups is 2. The van der Waals surface area contributed by atoms with Crippen molar-refractivity contribution in [3.63, 3.8) is 0 Å². The number of aryl methyl sites for hydroxylation is 1. The summed E-state index contributed by atoms with van der Waals surface area (Å²) in [5, 5.41) is 3.26. The molecule has 2 aromatic heterocycles. The zero-order valence-electron chi connectivity index (χ0n) is 21.9. The number of allylic oxidation sites excluding steroid dienone is 1. The van der Waals surface area contributed by atoms with Gasteiger partial charge in [0.25, 0.3) is 5.91 Å². The molecule has 202 valence electrons. The number of aromatic nitrogens is 1. The smallest absolute Gasteiger partial charge is 0.330 e. The van der Waals surface area contributed by atoms with E-state index >= 15 is 0 Å². The van der Waals surface area contributed by atoms with Crippen LogP contribution in [0.1, 0.15) is 65.7 Å². The maximum Gasteiger partial charge on any atom is 0.330 e. The van der Waals surface area contributed by atoms with Crippen LogP contribution in [-0.4, -0.2) is 45.5 Å². The molecule has 0 saturated heterocycles. The highest BCUT2D eigenvalue weighted by Gasteiger charge is 2.31. The van der Waals surface area contributed by atoms with Crippen LogP contribution in [0.2, 0.25) is 0 Å². The van der Waals surface area contributed by atoms with Crippen LogP contribution in [0.4, 0.5) is 0 Å². The van der Waals surface area contributed by atoms with Crippen LogP contribution in [0.3, 0.4) is 0 Å². The van der Waals surface area contributed by atoms with Crippen LogP contribution >= 0.6 is 0 Å². The molecule has 0 radical (unpaired) electrons. The first kappa shape index (κ1) is 27.5. The lowest BCUT2D eigenvalue weighted by atomic mass is 10.0. The van der Waals surface area contributed by atoms with Gasteiger partial charge in [-0.3, -0.25) is 4.79 Å². The van der Waals surface area contributed by atoms with E-state index in [2.05, 4.69) is 15.0 Å². The van der Waals surface area contributed by atoms with E-state index in [1.165, 1.54) is 6.08 Å². The number of unbranched alkanes of at least 4 members (excludes halogenated alkanes) is 1. The fraction of sp³-hybridized carbons (Fsp3) is 0.393. The first-order valence-corrected chi connectivity index (χ1v) is 14.4. The topological polar surface area (TPSA) is 128 Å². The summed E-state index contributed by atoms with van der Waals surface area (Å²) >= 11 is 0. The summed E-state index contributed by atoms with van der Waals surface area (Å²) in [4.78, 5) is 28.9. The third kappa shape index (κ3) is 6.68. The molecular weight excluding hydrogens is 506 g/mol. The van der Waals surface area contributed by atoms with Crippen LogP contribution in [-0.2, 0) is 25.3 Å². The molecular formula is C28H33N3O6S. The molecule has 10 heteroatoms. The van der Waals surface area contributed by atoms with Gasteiger partial charge in [0, 0.05) is 25.2 Å². The molecule has 1 fully saturated rings. The molecule has 2 heterocycles. The maximum atomic E-state index is 12.9. The van der Waals surface area contributed by atoms with Gasteiger partial charge in [-0.05, 0) is 57.1 Å². The number of fused-ring (bicyclic) bond motifs is 1. The fourth-order valence-corrected chi connectivity index (χ4v) is 5.39. The monoisotopic (exact) mass is 539 g/mol. The van der Waals surface area contributed by atoms with E-state index in [9.17, 15) is 18.0 Å². The molecule has 9 nitrogen and oxygen atoms in total. The van der Waals surface area contributed by atoms with Gasteiger partial charge in [0.2, 0.25) is 15.7 Å². The number of esters is 1. The summed E-state index contributed by atoms with van der Waals surface area (Å²) in [6, 6.07) is 9.53. The average molecular weight is 540 g/mol. The van der Waals surface area contributed by atoms with Gasteiger partial charge in [0.15, 0.2) is 0 Å². The van der Waals surface area contributed by atoms with E-state index < -0.39 is 16.0 Å². The Hall–Kier alpha value is -3.50. The predicted octanol–water partition coefficient (Wildman–Crippen LogP) is 4.36. The maximum absolute atomic E-state index is 12.9. The predicted molar refractivity (Wildman–Crippen MR) is 145 cm³/mol. The van der Waals surface area contributed by atoms with Crippen LogP contribution < -0.4 is 10.0 Å². The number of hydrogen-bond acceptors (Lipinski definition) is 7. The van der Waals surface area contributed by atoms with Crippen LogP contribution in [0, 0.1) is 6.92 Å². The molecule has 1 aliphatic carbocycles. The van der Waals surface area contributed by atoms with Crippen molar-refractivity contribution in [2.45, 2.75) is 51.2 Å². The first-order chi connectivity index (χ1) is 18.2. The van der Waals surface area contributed by atoms with Gasteiger partial charge in [-0.25, -0.2) is 22.9 Å². The Bertz CT molecular complexity index is 1450. The van der Waals surface area contributed by atoms with Crippen LogP contribution in [0.25, 0.3) is 22.4 Å². The SMILES string of the molecule is CCOC(=O)/C=C/CCCNS(=O)(=O)Cc1nc2oc(-c3ccc(C)cc3)c(C(=O)NC)c2cc1C1CC1. The second kappa shape index (κ2) is 11.9. The number of ether oxygens (including phenoxy) is 1. The number of sulfonamides is 1. The number of rotatable bonds is 12. The Labute approximate surface area is 222 Å². The van der Waals surface area contributed by atoms with E-state index in [1.807, 2.05) is 37.3 Å². The van der Waals surface area contributed by atoms with E-state index in [-0.39, 0.29) is 29.8 Å². The molecule has 0 atom stereocenters. The summed E-state index contributed by atoms with van der Waals surface area (Å²) < 4.78 is 39.3. The van der Waals surface area contributed by atoms with Crippen molar-refractivity contribution in [1.29, 1.82) is 0 Å². The Balaban J connectivity index is 1.57. The van der Waals surface area contributed by atoms with Gasteiger partial charge < -0.3 is 14.5 Å². The molecule has 0 spiro atoms. The Morgan fingerprint density at radius 1 is 1.21 bits per heavy atom. The summed E-state index contributed by atoms with van der Waals surface area (Å²) in [5.74, 6) is -0.376. The van der Waals surface area contributed by atoms with E-state index in [0.717, 1.165) is 29.5 Å². The zero-order chi connectivity index (χ0) is 27.3. The summed E-state index contributed by atoms with van der Waals surface area (Å²) in [7, 11) is -2.11. The largest absolute Gasteiger partial charge is 0.463 e. The molecule has 4 rings (SSSR count). The standard InChI is InChI=1S/C28H33N3O6S/c1-4-36-24(32)8-6-5-7-15-30-38(34,35)17-23-21(19-13-14-19)16-22-25(27(33)29-3)26(37-28(22)31-23)20-11-9-18(2)10-12-20/h6,8-12,16,19,30H,4-5,7,13-15,17H2,1-3H3,(H,29,33)/b8-6+. The molecule has 1 saturated carbocycles. The minimum Gasteiger partial charge on any atom is -0.463 e. The molecule has 1 aromatic carbocycles. The molecule has 38 heavy (non-hydrogen) atoms. The number of pyridine rings is 1. The van der Waals surface area contributed by atoms with Crippen molar-refractivity contribution < 1.29 is 27.2 Å². The highest BCUT2D eigenvalue weighted by molar-refractivity contribution is 7.88. The summed E-state index contributed by atoms with van der Waals surface area (Å²) in [5.41, 5.74) is 3.72. The molecule has 2 N–H and O–H groups in total. The molecule has 1 aliphatic rings. The number of amides is 1. The Kier molecular flexibility index (Phi) is 8.63. The normalized spacial score (nSPS) is 13.8. The lowest BCUT2D eigenvalue weighted by Crippen LogP contribution is -2.27. The lowest BCUT2D eigenvalue weighted by molar-refractivity contribution is -0.137. The summed E-state index contributed by atoms with van der Waals surface area (Å²) in [6.07, 6.45) is 5.97. The van der Waals surface area contributed by atoms with Gasteiger partial charge in [-0.2, -0.15) is 0 Å². The number of benzene rings is 1. The van der Waals surface area contributed by atoms with Gasteiger partial charge in [-0.15, -0.1) is 0 Å². The van der Waals surface area contributed by atoms with Crippen LogP contribution in [0.15, 0.2) is 46.9 Å². The first-order valence-electron chi connectivity index (χ1n) is 12.8. The molecule has 1 amide bonds. The van der Waals surface area contributed by atoms with Crippen molar-refractivity contribution >= 4 is 33.0 Å². The van der Waals surface area contributed by atoms with Crippen molar-refractivity contribution in [2.24, 2.45) is 0 Å². The minimum atomic E-state index is -3.67. The quantitative estimate of drug-likeness (QED) is 0.199. The van der Waals surface area contributed by atoms with Crippen LogP contribution in [0.5, 0.6) is 0 Å². The molecule has 0 unspecified atom stereocenters. The lowest BCUT2D eigenvalue weighted by Gasteiger charge is -2.10. The van der Waals surface area contributed by atoms with Gasteiger partial charge >= 0.3 is 5.97 Å². The van der Waals surface area contributed by atoms with Gasteiger partial charge in [-0.1, -0.05) is 35.9 Å². The third-order valence-corrected chi connectivity index (χ3v) is 7.61. The van der Waals surface area contributed by atoms with E-state index in [0.29, 0.717) is 41.9 Å². The van der Waals surface area contributed by atoms with Crippen molar-refractivity contribution in [3.05, 3.63) is 64.9 Å². The van der Waals surface area contributed by atoms with Gasteiger partial charge in [0.1, 0.15) is 11.5 Å². The minimum absolute atomic E-state index is 0.209. The number of hydrogen-bond donors (Lipinski definition) is 2. The Morgan fingerprint density at radius 2 is 1.95 bits per heavy atom.